The van der Waals surface area contributed by atoms with Gasteiger partial charge < -0.3 is 5.11 Å². The van der Waals surface area contributed by atoms with E-state index in [0.29, 0.717) is 16.9 Å². The van der Waals surface area contributed by atoms with E-state index in [1.54, 1.807) is 24.3 Å². The van der Waals surface area contributed by atoms with Crippen LogP contribution in [0, 0.1) is 5.82 Å². The van der Waals surface area contributed by atoms with E-state index in [4.69, 9.17) is 0 Å². The van der Waals surface area contributed by atoms with Crippen molar-refractivity contribution in [2.75, 3.05) is 0 Å². The van der Waals surface area contributed by atoms with Crippen LogP contribution in [0.5, 0.6) is 0 Å². The SMILES string of the molecule is O=C(O)c1nc2ccc(F)cn2c1-c1ccccc1. The molecule has 1 aromatic carbocycles. The van der Waals surface area contributed by atoms with Gasteiger partial charge in [0.05, 0.1) is 5.69 Å². The first-order valence-corrected chi connectivity index (χ1v) is 5.63. The summed E-state index contributed by atoms with van der Waals surface area (Å²) in [5, 5.41) is 9.23. The highest BCUT2D eigenvalue weighted by Crippen LogP contribution is 2.25. The van der Waals surface area contributed by atoms with Crippen molar-refractivity contribution in [2.24, 2.45) is 0 Å². The third-order valence-electron chi connectivity index (χ3n) is 2.83. The molecule has 19 heavy (non-hydrogen) atoms. The molecule has 0 unspecified atom stereocenters. The Balaban J connectivity index is 2.40. The molecule has 2 aromatic heterocycles. The monoisotopic (exact) mass is 256 g/mol. The lowest BCUT2D eigenvalue weighted by molar-refractivity contribution is 0.0692. The first-order valence-electron chi connectivity index (χ1n) is 5.63. The molecule has 3 aromatic rings. The zero-order valence-electron chi connectivity index (χ0n) is 9.75. The maximum absolute atomic E-state index is 13.3. The van der Waals surface area contributed by atoms with E-state index in [1.807, 2.05) is 6.07 Å². The van der Waals surface area contributed by atoms with Crippen LogP contribution in [-0.2, 0) is 0 Å². The minimum atomic E-state index is -1.14. The summed E-state index contributed by atoms with van der Waals surface area (Å²) < 4.78 is 14.8. The van der Waals surface area contributed by atoms with Crippen molar-refractivity contribution in [3.63, 3.8) is 0 Å². The van der Waals surface area contributed by atoms with Crippen molar-refractivity contribution < 1.29 is 14.3 Å². The van der Waals surface area contributed by atoms with Crippen LogP contribution >= 0.6 is 0 Å². The molecule has 0 saturated carbocycles. The highest BCUT2D eigenvalue weighted by Gasteiger charge is 2.19. The second kappa shape index (κ2) is 4.20. The Kier molecular flexibility index (Phi) is 2.52. The predicted molar refractivity (Wildman–Crippen MR) is 67.5 cm³/mol. The highest BCUT2D eigenvalue weighted by molar-refractivity contribution is 5.94. The number of imidazole rings is 1. The average molecular weight is 256 g/mol. The van der Waals surface area contributed by atoms with E-state index in [2.05, 4.69) is 4.98 Å². The molecule has 0 fully saturated rings. The maximum Gasteiger partial charge on any atom is 0.356 e. The third-order valence-corrected chi connectivity index (χ3v) is 2.83. The van der Waals surface area contributed by atoms with Crippen LogP contribution in [0.25, 0.3) is 16.9 Å². The zero-order valence-corrected chi connectivity index (χ0v) is 9.75. The zero-order chi connectivity index (χ0) is 13.4. The smallest absolute Gasteiger partial charge is 0.356 e. The van der Waals surface area contributed by atoms with Crippen molar-refractivity contribution in [2.45, 2.75) is 0 Å². The first-order chi connectivity index (χ1) is 9.16. The fraction of sp³-hybridized carbons (Fsp3) is 0. The van der Waals surface area contributed by atoms with Gasteiger partial charge >= 0.3 is 5.97 Å². The molecule has 0 saturated heterocycles. The lowest BCUT2D eigenvalue weighted by atomic mass is 10.1. The summed E-state index contributed by atoms with van der Waals surface area (Å²) in [6, 6.07) is 11.6. The second-order valence-corrected chi connectivity index (χ2v) is 4.06. The Labute approximate surface area is 107 Å². The Morgan fingerprint density at radius 3 is 2.58 bits per heavy atom. The van der Waals surface area contributed by atoms with Gasteiger partial charge in [-0.3, -0.25) is 4.40 Å². The van der Waals surface area contributed by atoms with Crippen molar-refractivity contribution in [1.82, 2.24) is 9.38 Å². The van der Waals surface area contributed by atoms with Crippen LogP contribution in [-0.4, -0.2) is 20.5 Å². The van der Waals surface area contributed by atoms with Crippen LogP contribution in [0.2, 0.25) is 0 Å². The molecular formula is C14H9FN2O2. The Bertz CT molecular complexity index is 766. The standard InChI is InChI=1S/C14H9FN2O2/c15-10-6-7-11-16-12(14(18)19)13(17(11)8-10)9-4-2-1-3-5-9/h1-8H,(H,18,19). The van der Waals surface area contributed by atoms with E-state index in [-0.39, 0.29) is 5.69 Å². The van der Waals surface area contributed by atoms with Gasteiger partial charge in [0, 0.05) is 11.8 Å². The predicted octanol–water partition coefficient (Wildman–Crippen LogP) is 2.84. The molecule has 0 amide bonds. The van der Waals surface area contributed by atoms with Gasteiger partial charge in [0.15, 0.2) is 5.69 Å². The first kappa shape index (κ1) is 11.4. The van der Waals surface area contributed by atoms with Gasteiger partial charge in [-0.1, -0.05) is 30.3 Å². The number of aromatic nitrogens is 2. The minimum absolute atomic E-state index is 0.0863. The number of rotatable bonds is 2. The van der Waals surface area contributed by atoms with Crippen LogP contribution < -0.4 is 0 Å². The van der Waals surface area contributed by atoms with Crippen LogP contribution in [0.4, 0.5) is 4.39 Å². The molecule has 2 heterocycles. The van der Waals surface area contributed by atoms with Gasteiger partial charge in [0.25, 0.3) is 0 Å². The summed E-state index contributed by atoms with van der Waals surface area (Å²) in [4.78, 5) is 15.3. The molecule has 0 bridgehead atoms. The number of pyridine rings is 1. The Hall–Kier alpha value is -2.69. The third kappa shape index (κ3) is 1.85. The van der Waals surface area contributed by atoms with Crippen molar-refractivity contribution >= 4 is 11.6 Å². The summed E-state index contributed by atoms with van der Waals surface area (Å²) in [6.07, 6.45) is 1.23. The topological polar surface area (TPSA) is 54.6 Å². The average Bonchev–Trinajstić information content (AvgIpc) is 2.78. The number of carboxylic acid groups (broad SMARTS) is 1. The largest absolute Gasteiger partial charge is 0.476 e. The molecule has 1 N–H and O–H groups in total. The van der Waals surface area contributed by atoms with Crippen molar-refractivity contribution in [3.05, 3.63) is 60.2 Å². The number of hydrogen-bond acceptors (Lipinski definition) is 2. The summed E-state index contributed by atoms with van der Waals surface area (Å²) in [5.41, 5.74) is 1.37. The van der Waals surface area contributed by atoms with Crippen molar-refractivity contribution in [1.29, 1.82) is 0 Å². The summed E-state index contributed by atoms with van der Waals surface area (Å²) in [7, 11) is 0. The van der Waals surface area contributed by atoms with Gasteiger partial charge in [-0.15, -0.1) is 0 Å². The van der Waals surface area contributed by atoms with Crippen LogP contribution in [0.1, 0.15) is 10.5 Å². The number of fused-ring (bicyclic) bond motifs is 1. The molecule has 0 aliphatic heterocycles. The van der Waals surface area contributed by atoms with E-state index in [1.165, 1.54) is 22.7 Å². The quantitative estimate of drug-likeness (QED) is 0.767. The van der Waals surface area contributed by atoms with Gasteiger partial charge in [-0.05, 0) is 12.1 Å². The number of carbonyl (C=O) groups is 1. The Morgan fingerprint density at radius 1 is 1.16 bits per heavy atom. The fourth-order valence-electron chi connectivity index (χ4n) is 2.04. The molecule has 0 aliphatic carbocycles. The normalized spacial score (nSPS) is 10.8. The molecule has 0 spiro atoms. The van der Waals surface area contributed by atoms with E-state index in [0.717, 1.165) is 0 Å². The molecule has 5 heteroatoms. The number of hydrogen-bond donors (Lipinski definition) is 1. The van der Waals surface area contributed by atoms with Crippen molar-refractivity contribution in [3.8, 4) is 11.3 Å². The Morgan fingerprint density at radius 2 is 1.89 bits per heavy atom. The van der Waals surface area contributed by atoms with E-state index >= 15 is 0 Å². The minimum Gasteiger partial charge on any atom is -0.476 e. The molecule has 0 atom stereocenters. The van der Waals surface area contributed by atoms with E-state index < -0.39 is 11.8 Å². The number of benzene rings is 1. The fourth-order valence-corrected chi connectivity index (χ4v) is 2.04. The van der Waals surface area contributed by atoms with Crippen LogP contribution in [0.3, 0.4) is 0 Å². The van der Waals surface area contributed by atoms with Gasteiger partial charge in [0.1, 0.15) is 11.5 Å². The molecule has 0 radical (unpaired) electrons. The maximum atomic E-state index is 13.3. The lowest BCUT2D eigenvalue weighted by Gasteiger charge is -2.03. The number of aromatic carboxylic acids is 1. The van der Waals surface area contributed by atoms with Gasteiger partial charge in [-0.2, -0.15) is 0 Å². The lowest BCUT2D eigenvalue weighted by Crippen LogP contribution is -2.00. The molecule has 3 rings (SSSR count). The van der Waals surface area contributed by atoms with E-state index in [9.17, 15) is 14.3 Å². The van der Waals surface area contributed by atoms with Gasteiger partial charge in [0.2, 0.25) is 0 Å². The molecule has 0 aliphatic rings. The molecule has 94 valence electrons. The summed E-state index contributed by atoms with van der Waals surface area (Å²) in [6.45, 7) is 0. The number of nitrogens with zero attached hydrogens (tertiary/aromatic N) is 2. The summed E-state index contributed by atoms with van der Waals surface area (Å²) in [5.74, 6) is -1.58. The van der Waals surface area contributed by atoms with Gasteiger partial charge in [-0.25, -0.2) is 14.2 Å². The molecular weight excluding hydrogens is 247 g/mol. The highest BCUT2D eigenvalue weighted by atomic mass is 19.1. The number of halogens is 1. The molecule has 4 nitrogen and oxygen atoms in total. The summed E-state index contributed by atoms with van der Waals surface area (Å²) >= 11 is 0. The second-order valence-electron chi connectivity index (χ2n) is 4.06. The van der Waals surface area contributed by atoms with Crippen LogP contribution in [0.15, 0.2) is 48.7 Å². The number of carboxylic acids is 1.